The van der Waals surface area contributed by atoms with Gasteiger partial charge in [-0.2, -0.15) is 26.3 Å². The number of carbonyl (C=O) groups is 2. The number of halogens is 13. The van der Waals surface area contributed by atoms with Crippen molar-refractivity contribution in [3.05, 3.63) is 73.7 Å². The number of amides is 2. The third kappa shape index (κ3) is 8.87. The average Bonchev–Trinajstić information content (AvgIpc) is 2.86. The van der Waals surface area contributed by atoms with Crippen LogP contribution in [0.2, 0.25) is 15.1 Å². The fraction of sp³-hybridized carbons (Fsp3) is 0.304. The summed E-state index contributed by atoms with van der Waals surface area (Å²) in [6.45, 7) is -1.23. The first-order valence-electron chi connectivity index (χ1n) is 10.8. The van der Waals surface area contributed by atoms with E-state index in [1.807, 2.05) is 5.43 Å². The van der Waals surface area contributed by atoms with Gasteiger partial charge >= 0.3 is 12.4 Å². The van der Waals surface area contributed by atoms with E-state index in [1.165, 1.54) is 5.32 Å². The van der Waals surface area contributed by atoms with Crippen molar-refractivity contribution in [1.82, 2.24) is 15.8 Å². The number of hydrogen-bond donors (Lipinski definition) is 2. The highest BCUT2D eigenvalue weighted by Crippen LogP contribution is 2.43. The minimum Gasteiger partial charge on any atom is -0.320 e. The minimum absolute atomic E-state index is 0.0342. The molecule has 5 nitrogen and oxygen atoms in total. The zero-order valence-corrected chi connectivity index (χ0v) is 22.3. The summed E-state index contributed by atoms with van der Waals surface area (Å²) in [4.78, 5) is 24.5. The summed E-state index contributed by atoms with van der Waals surface area (Å²) < 4.78 is 135. The van der Waals surface area contributed by atoms with Gasteiger partial charge in [-0.15, -0.1) is 0 Å². The Balaban J connectivity index is 2.52. The predicted octanol–water partition coefficient (Wildman–Crippen LogP) is 7.58. The van der Waals surface area contributed by atoms with Gasteiger partial charge in [0, 0.05) is 12.6 Å². The summed E-state index contributed by atoms with van der Waals surface area (Å²) in [5, 5.41) is 0.298. The Kier molecular flexibility index (Phi) is 11.3. The van der Waals surface area contributed by atoms with Gasteiger partial charge in [0.15, 0.2) is 0 Å². The number of benzene rings is 2. The summed E-state index contributed by atoms with van der Waals surface area (Å²) in [5.41, 5.74) is -2.69. The SMILES string of the molecule is CNN(CC(=O)NC(F)C(F)F)C(=O)c1ccc(C(F)=CC(c2cc(Cl)c(Cl)c(Cl)c2)C(F)(F)F)cc1C(F)(F)F. The van der Waals surface area contributed by atoms with Crippen molar-refractivity contribution in [2.45, 2.75) is 31.0 Å². The second kappa shape index (κ2) is 13.5. The molecule has 0 aromatic heterocycles. The van der Waals surface area contributed by atoms with Crippen LogP contribution < -0.4 is 10.7 Å². The van der Waals surface area contributed by atoms with E-state index in [1.54, 1.807) is 0 Å². The highest BCUT2D eigenvalue weighted by molar-refractivity contribution is 6.48. The molecular weight excluding hydrogens is 647 g/mol. The molecule has 2 aromatic rings. The molecule has 0 fully saturated rings. The first-order valence-corrected chi connectivity index (χ1v) is 11.9. The summed E-state index contributed by atoms with van der Waals surface area (Å²) in [7, 11) is 0.960. The topological polar surface area (TPSA) is 61.4 Å². The number of nitrogens with zero attached hydrogens (tertiary/aromatic N) is 1. The molecule has 0 radical (unpaired) electrons. The second-order valence-corrected chi connectivity index (χ2v) is 9.20. The van der Waals surface area contributed by atoms with E-state index in [2.05, 4.69) is 0 Å². The number of hydrogen-bond acceptors (Lipinski definition) is 3. The summed E-state index contributed by atoms with van der Waals surface area (Å²) in [6, 6.07) is 2.53. The van der Waals surface area contributed by atoms with Gasteiger partial charge in [0.2, 0.25) is 12.2 Å². The van der Waals surface area contributed by atoms with Crippen LogP contribution in [0.5, 0.6) is 0 Å². The number of allylic oxidation sites excluding steroid dienone is 1. The van der Waals surface area contributed by atoms with Gasteiger partial charge in [0.05, 0.1) is 26.2 Å². The smallest absolute Gasteiger partial charge is 0.320 e. The normalized spacial score (nSPS) is 14.2. The van der Waals surface area contributed by atoms with E-state index in [9.17, 15) is 49.1 Å². The molecule has 0 heterocycles. The molecule has 0 bridgehead atoms. The molecular formula is C23H16Cl3F10N3O2. The van der Waals surface area contributed by atoms with Crippen molar-refractivity contribution >= 4 is 52.4 Å². The van der Waals surface area contributed by atoms with E-state index in [4.69, 9.17) is 34.8 Å². The summed E-state index contributed by atoms with van der Waals surface area (Å²) in [6.07, 6.45) is -17.3. The largest absolute Gasteiger partial charge is 0.417 e. The fourth-order valence-electron chi connectivity index (χ4n) is 3.29. The molecule has 0 spiro atoms. The zero-order chi connectivity index (χ0) is 31.4. The Labute approximate surface area is 240 Å². The second-order valence-electron chi connectivity index (χ2n) is 8.01. The van der Waals surface area contributed by atoms with Gasteiger partial charge in [0.1, 0.15) is 18.3 Å². The van der Waals surface area contributed by atoms with Crippen LogP contribution in [0, 0.1) is 0 Å². The van der Waals surface area contributed by atoms with Gasteiger partial charge in [-0.3, -0.25) is 14.6 Å². The number of nitrogens with one attached hydrogen (secondary N) is 2. The Morgan fingerprint density at radius 1 is 0.976 bits per heavy atom. The van der Waals surface area contributed by atoms with Gasteiger partial charge in [-0.1, -0.05) is 40.9 Å². The highest BCUT2D eigenvalue weighted by atomic mass is 35.5. The lowest BCUT2D eigenvalue weighted by Crippen LogP contribution is -2.49. The Morgan fingerprint density at radius 3 is 2.00 bits per heavy atom. The maximum atomic E-state index is 15.0. The number of alkyl halides is 9. The Hall–Kier alpha value is -2.75. The molecule has 0 aliphatic rings. The average molecular weight is 663 g/mol. The molecule has 0 aliphatic carbocycles. The van der Waals surface area contributed by atoms with E-state index in [0.717, 1.165) is 19.2 Å². The third-order valence-electron chi connectivity index (χ3n) is 5.20. The monoisotopic (exact) mass is 661 g/mol. The molecule has 2 unspecified atom stereocenters. The highest BCUT2D eigenvalue weighted by Gasteiger charge is 2.41. The molecule has 41 heavy (non-hydrogen) atoms. The number of hydrazine groups is 1. The third-order valence-corrected chi connectivity index (χ3v) is 6.40. The first kappa shape index (κ1) is 34.5. The van der Waals surface area contributed by atoms with Crippen molar-refractivity contribution in [3.63, 3.8) is 0 Å². The van der Waals surface area contributed by atoms with Crippen molar-refractivity contribution < 1.29 is 53.5 Å². The van der Waals surface area contributed by atoms with Crippen LogP contribution in [0.15, 0.2) is 36.4 Å². The van der Waals surface area contributed by atoms with Crippen LogP contribution in [0.1, 0.15) is 33.0 Å². The van der Waals surface area contributed by atoms with Crippen LogP contribution >= 0.6 is 34.8 Å². The van der Waals surface area contributed by atoms with Crippen LogP contribution in [0.4, 0.5) is 43.9 Å². The van der Waals surface area contributed by atoms with E-state index in [-0.39, 0.29) is 22.2 Å². The van der Waals surface area contributed by atoms with Crippen LogP contribution in [0.3, 0.4) is 0 Å². The van der Waals surface area contributed by atoms with Gasteiger partial charge in [-0.05, 0) is 35.9 Å². The molecule has 2 N–H and O–H groups in total. The molecule has 2 rings (SSSR count). The van der Waals surface area contributed by atoms with Crippen molar-refractivity contribution in [2.75, 3.05) is 13.6 Å². The standard InChI is InChI=1S/C23H16Cl3F10N3O2/c1-37-39(8-17(40)38-20(30)19(28)29)21(41)11-3-2-9(4-13(11)23(34,35)36)16(27)7-12(22(31,32)33)10-5-14(24)18(26)15(25)6-10/h2-7,12,19-20,37H,8H2,1H3,(H,38,40). The van der Waals surface area contributed by atoms with Crippen molar-refractivity contribution in [2.24, 2.45) is 0 Å². The Morgan fingerprint density at radius 2 is 1.54 bits per heavy atom. The lowest BCUT2D eigenvalue weighted by molar-refractivity contribution is -0.140. The van der Waals surface area contributed by atoms with E-state index < -0.39 is 87.5 Å². The molecule has 0 saturated carbocycles. The molecule has 0 aliphatic heterocycles. The maximum absolute atomic E-state index is 15.0. The lowest BCUT2D eigenvalue weighted by atomic mass is 9.95. The molecule has 18 heteroatoms. The maximum Gasteiger partial charge on any atom is 0.417 e. The quantitative estimate of drug-likeness (QED) is 0.126. The summed E-state index contributed by atoms with van der Waals surface area (Å²) >= 11 is 17.2. The Bertz CT molecular complexity index is 1300. The van der Waals surface area contributed by atoms with E-state index in [0.29, 0.717) is 12.1 Å². The molecule has 2 atom stereocenters. The van der Waals surface area contributed by atoms with Crippen LogP contribution in [-0.4, -0.2) is 49.3 Å². The fourth-order valence-corrected chi connectivity index (χ4v) is 3.91. The van der Waals surface area contributed by atoms with Crippen molar-refractivity contribution in [3.8, 4) is 0 Å². The predicted molar refractivity (Wildman–Crippen MR) is 130 cm³/mol. The van der Waals surface area contributed by atoms with E-state index >= 15 is 4.39 Å². The lowest BCUT2D eigenvalue weighted by Gasteiger charge is -2.23. The summed E-state index contributed by atoms with van der Waals surface area (Å²) in [5.74, 6) is -7.61. The first-order chi connectivity index (χ1) is 18.8. The number of carbonyl (C=O) groups excluding carboxylic acids is 2. The van der Waals surface area contributed by atoms with Gasteiger partial charge < -0.3 is 5.32 Å². The molecule has 2 amide bonds. The van der Waals surface area contributed by atoms with Crippen LogP contribution in [-0.2, 0) is 11.0 Å². The van der Waals surface area contributed by atoms with Crippen molar-refractivity contribution in [1.29, 1.82) is 0 Å². The molecule has 0 saturated heterocycles. The molecule has 226 valence electrons. The van der Waals surface area contributed by atoms with Crippen LogP contribution in [0.25, 0.3) is 5.83 Å². The zero-order valence-electron chi connectivity index (χ0n) is 20.1. The molecule has 2 aromatic carbocycles. The minimum atomic E-state index is -5.37. The van der Waals surface area contributed by atoms with Gasteiger partial charge in [-0.25, -0.2) is 23.0 Å². The van der Waals surface area contributed by atoms with Gasteiger partial charge in [0.25, 0.3) is 12.3 Å². The number of rotatable bonds is 9.